The van der Waals surface area contributed by atoms with Crippen LogP contribution in [0.5, 0.6) is 5.75 Å². The highest BCUT2D eigenvalue weighted by Crippen LogP contribution is 2.23. The summed E-state index contributed by atoms with van der Waals surface area (Å²) in [7, 11) is 0. The Labute approximate surface area is 110 Å². The van der Waals surface area contributed by atoms with Crippen LogP contribution in [0, 0.1) is 0 Å². The third-order valence-corrected chi connectivity index (χ3v) is 2.91. The van der Waals surface area contributed by atoms with Crippen LogP contribution in [0.1, 0.15) is 11.3 Å². The zero-order chi connectivity index (χ0) is 13.1. The Balaban J connectivity index is 1.82. The van der Waals surface area contributed by atoms with Gasteiger partial charge in [0.05, 0.1) is 6.20 Å². The molecule has 96 valence electrons. The first-order chi connectivity index (χ1) is 9.36. The average Bonchev–Trinajstić information content (AvgIpc) is 2.89. The standard InChI is InChI=1S/C15H14N2O2/c16-8-12-4-1-3-11-7-14(19-15(11)12)10-18-13-5-2-6-17-9-13/h1-7,9H,8,10,16H2. The second kappa shape index (κ2) is 5.12. The molecule has 3 aromatic rings. The van der Waals surface area contributed by atoms with Crippen LogP contribution in [-0.4, -0.2) is 4.98 Å². The van der Waals surface area contributed by atoms with Gasteiger partial charge in [-0.25, -0.2) is 0 Å². The van der Waals surface area contributed by atoms with E-state index in [1.54, 1.807) is 12.4 Å². The first-order valence-corrected chi connectivity index (χ1v) is 6.10. The Morgan fingerprint density at radius 1 is 1.21 bits per heavy atom. The van der Waals surface area contributed by atoms with Crippen molar-refractivity contribution in [1.82, 2.24) is 4.98 Å². The van der Waals surface area contributed by atoms with Crippen LogP contribution in [0.15, 0.2) is 53.2 Å². The third-order valence-electron chi connectivity index (χ3n) is 2.91. The van der Waals surface area contributed by atoms with Gasteiger partial charge in [0.1, 0.15) is 23.7 Å². The number of hydrogen-bond donors (Lipinski definition) is 1. The minimum absolute atomic E-state index is 0.379. The van der Waals surface area contributed by atoms with E-state index in [-0.39, 0.29) is 0 Å². The van der Waals surface area contributed by atoms with E-state index in [1.807, 2.05) is 36.4 Å². The molecule has 0 saturated carbocycles. The fourth-order valence-corrected chi connectivity index (χ4v) is 2.00. The van der Waals surface area contributed by atoms with Gasteiger partial charge in [0, 0.05) is 23.7 Å². The number of hydrogen-bond acceptors (Lipinski definition) is 4. The van der Waals surface area contributed by atoms with Crippen LogP contribution in [-0.2, 0) is 13.2 Å². The van der Waals surface area contributed by atoms with E-state index in [9.17, 15) is 0 Å². The fourth-order valence-electron chi connectivity index (χ4n) is 2.00. The first-order valence-electron chi connectivity index (χ1n) is 6.10. The Bertz CT molecular complexity index is 677. The van der Waals surface area contributed by atoms with Crippen LogP contribution in [0.2, 0.25) is 0 Å². The fraction of sp³-hybridized carbons (Fsp3) is 0.133. The molecule has 0 fully saturated rings. The molecule has 0 aliphatic heterocycles. The molecule has 3 rings (SSSR count). The molecule has 0 bridgehead atoms. The van der Waals surface area contributed by atoms with Crippen molar-refractivity contribution in [2.75, 3.05) is 0 Å². The summed E-state index contributed by atoms with van der Waals surface area (Å²) in [6.07, 6.45) is 3.38. The van der Waals surface area contributed by atoms with Crippen LogP contribution in [0.4, 0.5) is 0 Å². The van der Waals surface area contributed by atoms with Crippen LogP contribution in [0.3, 0.4) is 0 Å². The minimum atomic E-state index is 0.379. The summed E-state index contributed by atoms with van der Waals surface area (Å²) in [6.45, 7) is 0.845. The zero-order valence-electron chi connectivity index (χ0n) is 10.4. The van der Waals surface area contributed by atoms with Crippen LogP contribution in [0.25, 0.3) is 11.0 Å². The summed E-state index contributed by atoms with van der Waals surface area (Å²) in [5, 5.41) is 1.05. The maximum Gasteiger partial charge on any atom is 0.146 e. The van der Waals surface area contributed by atoms with Crippen molar-refractivity contribution in [1.29, 1.82) is 0 Å². The van der Waals surface area contributed by atoms with Crippen molar-refractivity contribution in [2.24, 2.45) is 5.73 Å². The number of rotatable bonds is 4. The molecule has 0 unspecified atom stereocenters. The number of nitrogens with zero attached hydrogens (tertiary/aromatic N) is 1. The predicted molar refractivity (Wildman–Crippen MR) is 72.7 cm³/mol. The Hall–Kier alpha value is -2.33. The van der Waals surface area contributed by atoms with E-state index >= 15 is 0 Å². The third kappa shape index (κ3) is 2.44. The van der Waals surface area contributed by atoms with Crippen LogP contribution >= 0.6 is 0 Å². The van der Waals surface area contributed by atoms with E-state index in [2.05, 4.69) is 4.98 Å². The normalized spacial score (nSPS) is 10.8. The Morgan fingerprint density at radius 2 is 2.16 bits per heavy atom. The van der Waals surface area contributed by atoms with Gasteiger partial charge in [0.25, 0.3) is 0 Å². The van der Waals surface area contributed by atoms with E-state index in [0.29, 0.717) is 13.2 Å². The molecular weight excluding hydrogens is 240 g/mol. The summed E-state index contributed by atoms with van der Waals surface area (Å²) >= 11 is 0. The largest absolute Gasteiger partial charge is 0.484 e. The predicted octanol–water partition coefficient (Wildman–Crippen LogP) is 2.87. The quantitative estimate of drug-likeness (QED) is 0.777. The van der Waals surface area contributed by atoms with Crippen molar-refractivity contribution in [3.63, 3.8) is 0 Å². The lowest BCUT2D eigenvalue weighted by atomic mass is 10.1. The summed E-state index contributed by atoms with van der Waals surface area (Å²) in [4.78, 5) is 3.99. The van der Waals surface area contributed by atoms with Crippen molar-refractivity contribution in [3.8, 4) is 5.75 Å². The van der Waals surface area contributed by atoms with Gasteiger partial charge in [-0.1, -0.05) is 18.2 Å². The second-order valence-electron chi connectivity index (χ2n) is 4.23. The van der Waals surface area contributed by atoms with Gasteiger partial charge in [-0.2, -0.15) is 0 Å². The molecule has 0 radical (unpaired) electrons. The van der Waals surface area contributed by atoms with Gasteiger partial charge < -0.3 is 14.9 Å². The van der Waals surface area contributed by atoms with Crippen molar-refractivity contribution in [2.45, 2.75) is 13.2 Å². The van der Waals surface area contributed by atoms with Crippen molar-refractivity contribution in [3.05, 3.63) is 60.1 Å². The average molecular weight is 254 g/mol. The molecule has 0 amide bonds. The molecule has 19 heavy (non-hydrogen) atoms. The molecule has 4 nitrogen and oxygen atoms in total. The second-order valence-corrected chi connectivity index (χ2v) is 4.23. The topological polar surface area (TPSA) is 61.3 Å². The molecule has 0 aliphatic rings. The molecule has 1 aromatic carbocycles. The number of fused-ring (bicyclic) bond motifs is 1. The molecule has 0 atom stereocenters. The number of para-hydroxylation sites is 1. The van der Waals surface area contributed by atoms with E-state index in [4.69, 9.17) is 14.9 Å². The zero-order valence-corrected chi connectivity index (χ0v) is 10.4. The highest BCUT2D eigenvalue weighted by molar-refractivity contribution is 5.81. The lowest BCUT2D eigenvalue weighted by Gasteiger charge is -2.02. The van der Waals surface area contributed by atoms with E-state index < -0.39 is 0 Å². The lowest BCUT2D eigenvalue weighted by Crippen LogP contribution is -1.95. The number of furan rings is 1. The van der Waals surface area contributed by atoms with Crippen LogP contribution < -0.4 is 10.5 Å². The van der Waals surface area contributed by atoms with E-state index in [0.717, 1.165) is 28.0 Å². The molecule has 0 spiro atoms. The van der Waals surface area contributed by atoms with Gasteiger partial charge in [-0.05, 0) is 18.2 Å². The number of aromatic nitrogens is 1. The summed E-state index contributed by atoms with van der Waals surface area (Å²) in [5.41, 5.74) is 7.54. The SMILES string of the molecule is NCc1cccc2cc(COc3cccnc3)oc12. The molecular formula is C15H14N2O2. The maximum absolute atomic E-state index is 5.79. The maximum atomic E-state index is 5.79. The number of benzene rings is 1. The van der Waals surface area contributed by atoms with Crippen molar-refractivity contribution < 1.29 is 9.15 Å². The molecule has 4 heteroatoms. The molecule has 0 saturated heterocycles. The summed E-state index contributed by atoms with van der Waals surface area (Å²) < 4.78 is 11.4. The van der Waals surface area contributed by atoms with Gasteiger partial charge in [0.2, 0.25) is 0 Å². The monoisotopic (exact) mass is 254 g/mol. The highest BCUT2D eigenvalue weighted by atomic mass is 16.5. The number of pyridine rings is 1. The lowest BCUT2D eigenvalue weighted by molar-refractivity contribution is 0.273. The van der Waals surface area contributed by atoms with Crippen molar-refractivity contribution >= 4 is 11.0 Å². The molecule has 2 aromatic heterocycles. The molecule has 2 N–H and O–H groups in total. The Morgan fingerprint density at radius 3 is 2.95 bits per heavy atom. The Kier molecular flexibility index (Phi) is 3.16. The number of ether oxygens (including phenoxy) is 1. The van der Waals surface area contributed by atoms with Gasteiger partial charge in [-0.15, -0.1) is 0 Å². The van der Waals surface area contributed by atoms with Gasteiger partial charge >= 0.3 is 0 Å². The number of nitrogens with two attached hydrogens (primary N) is 1. The highest BCUT2D eigenvalue weighted by Gasteiger charge is 2.07. The minimum Gasteiger partial charge on any atom is -0.484 e. The molecule has 0 aliphatic carbocycles. The summed E-state index contributed by atoms with van der Waals surface area (Å²) in [6, 6.07) is 11.6. The first kappa shape index (κ1) is 11.7. The van der Waals surface area contributed by atoms with Gasteiger partial charge in [0.15, 0.2) is 0 Å². The smallest absolute Gasteiger partial charge is 0.146 e. The van der Waals surface area contributed by atoms with E-state index in [1.165, 1.54) is 0 Å². The van der Waals surface area contributed by atoms with Gasteiger partial charge in [-0.3, -0.25) is 4.98 Å². The molecule has 2 heterocycles. The summed E-state index contributed by atoms with van der Waals surface area (Å²) in [5.74, 6) is 1.50.